The van der Waals surface area contributed by atoms with Crippen LogP contribution < -0.4 is 21.7 Å². The van der Waals surface area contributed by atoms with Crippen LogP contribution >= 0.6 is 11.6 Å². The van der Waals surface area contributed by atoms with E-state index in [1.165, 1.54) is 5.56 Å². The van der Waals surface area contributed by atoms with Crippen molar-refractivity contribution < 1.29 is 14.4 Å². The number of hydrogen-bond donors (Lipinski definition) is 4. The summed E-state index contributed by atoms with van der Waals surface area (Å²) in [5.41, 5.74) is 9.72. The van der Waals surface area contributed by atoms with Gasteiger partial charge in [0.2, 0.25) is 17.7 Å². The molecular formula is C31H44ClN5O3. The summed E-state index contributed by atoms with van der Waals surface area (Å²) >= 11 is 6.11. The number of hydrogen-bond acceptors (Lipinski definition) is 5. The predicted molar refractivity (Wildman–Crippen MR) is 161 cm³/mol. The highest BCUT2D eigenvalue weighted by Gasteiger charge is 2.33. The van der Waals surface area contributed by atoms with Gasteiger partial charge in [-0.2, -0.15) is 0 Å². The molecule has 5 N–H and O–H groups in total. The van der Waals surface area contributed by atoms with Gasteiger partial charge in [0.05, 0.1) is 6.04 Å². The topological polar surface area (TPSA) is 117 Å². The molecule has 0 spiro atoms. The second-order valence-electron chi connectivity index (χ2n) is 11.8. The van der Waals surface area contributed by atoms with Crippen molar-refractivity contribution in [3.05, 3.63) is 64.2 Å². The summed E-state index contributed by atoms with van der Waals surface area (Å²) in [6, 6.07) is 12.1. The first-order valence-electron chi connectivity index (χ1n) is 14.1. The number of aryl methyl sites for hydroxylation is 1. The Kier molecular flexibility index (Phi) is 11.5. The normalized spacial score (nSPS) is 16.1. The van der Waals surface area contributed by atoms with E-state index in [1.807, 2.05) is 25.1 Å². The molecule has 2 atom stereocenters. The average Bonchev–Trinajstić information content (AvgIpc) is 2.89. The van der Waals surface area contributed by atoms with Crippen molar-refractivity contribution in [1.29, 1.82) is 0 Å². The molecule has 2 aromatic rings. The maximum absolute atomic E-state index is 13.6. The van der Waals surface area contributed by atoms with Crippen LogP contribution in [0.3, 0.4) is 0 Å². The number of amides is 3. The number of halogens is 1. The molecule has 3 rings (SSSR count). The average molecular weight is 570 g/mol. The fourth-order valence-electron chi connectivity index (χ4n) is 4.83. The van der Waals surface area contributed by atoms with Crippen LogP contribution in [0, 0.1) is 12.3 Å². The molecule has 8 nitrogen and oxygen atoms in total. The van der Waals surface area contributed by atoms with Gasteiger partial charge in [0.1, 0.15) is 6.04 Å². The highest BCUT2D eigenvalue weighted by Crippen LogP contribution is 2.25. The molecule has 40 heavy (non-hydrogen) atoms. The highest BCUT2D eigenvalue weighted by molar-refractivity contribution is 6.31. The first-order chi connectivity index (χ1) is 19.0. The molecule has 0 aliphatic carbocycles. The molecule has 1 aliphatic rings. The van der Waals surface area contributed by atoms with Crippen LogP contribution in [0.2, 0.25) is 5.02 Å². The monoisotopic (exact) mass is 569 g/mol. The summed E-state index contributed by atoms with van der Waals surface area (Å²) in [5.74, 6) is -0.514. The predicted octanol–water partition coefficient (Wildman–Crippen LogP) is 4.18. The lowest BCUT2D eigenvalue weighted by atomic mass is 9.92. The van der Waals surface area contributed by atoms with Crippen molar-refractivity contribution >= 4 is 35.0 Å². The Morgan fingerprint density at radius 1 is 1.12 bits per heavy atom. The summed E-state index contributed by atoms with van der Waals surface area (Å²) in [7, 11) is 0. The van der Waals surface area contributed by atoms with Crippen LogP contribution in [0.1, 0.15) is 63.1 Å². The number of anilines is 1. The maximum Gasteiger partial charge on any atom is 0.246 e. The van der Waals surface area contributed by atoms with Gasteiger partial charge in [-0.15, -0.1) is 0 Å². The SMILES string of the molecule is Cc1cc(NC(=O)[C@H](CCN)NC(=O)[C@@H]2Cc3ccccc3CN2CCCC(=O)NCCC(C)(C)C)ccc1Cl. The van der Waals surface area contributed by atoms with Gasteiger partial charge in [-0.25, -0.2) is 0 Å². The minimum Gasteiger partial charge on any atom is -0.356 e. The molecule has 0 aromatic heterocycles. The molecule has 0 saturated carbocycles. The lowest BCUT2D eigenvalue weighted by molar-refractivity contribution is -0.131. The van der Waals surface area contributed by atoms with Crippen molar-refractivity contribution in [2.45, 2.75) is 78.4 Å². The molecule has 0 radical (unpaired) electrons. The Morgan fingerprint density at radius 3 is 2.52 bits per heavy atom. The fourth-order valence-corrected chi connectivity index (χ4v) is 4.95. The van der Waals surface area contributed by atoms with Crippen molar-refractivity contribution in [3.8, 4) is 0 Å². The van der Waals surface area contributed by atoms with Crippen molar-refractivity contribution in [2.24, 2.45) is 11.1 Å². The van der Waals surface area contributed by atoms with Crippen LogP contribution in [0.15, 0.2) is 42.5 Å². The summed E-state index contributed by atoms with van der Waals surface area (Å²) in [4.78, 5) is 41.2. The lowest BCUT2D eigenvalue weighted by Gasteiger charge is -2.36. The van der Waals surface area contributed by atoms with Crippen molar-refractivity contribution in [1.82, 2.24) is 15.5 Å². The molecule has 3 amide bonds. The molecule has 0 bridgehead atoms. The lowest BCUT2D eigenvalue weighted by Crippen LogP contribution is -2.55. The van der Waals surface area contributed by atoms with E-state index in [0.29, 0.717) is 56.0 Å². The summed E-state index contributed by atoms with van der Waals surface area (Å²) in [5, 5.41) is 9.46. The van der Waals surface area contributed by atoms with Gasteiger partial charge in [-0.05, 0) is 86.0 Å². The van der Waals surface area contributed by atoms with E-state index in [0.717, 1.165) is 17.5 Å². The molecular weight excluding hydrogens is 526 g/mol. The first-order valence-corrected chi connectivity index (χ1v) is 14.5. The zero-order chi connectivity index (χ0) is 29.3. The molecule has 0 unspecified atom stereocenters. The van der Waals surface area contributed by atoms with E-state index in [-0.39, 0.29) is 29.7 Å². The second kappa shape index (κ2) is 14.6. The molecule has 1 aliphatic heterocycles. The molecule has 218 valence electrons. The molecule has 0 saturated heterocycles. The van der Waals surface area contributed by atoms with Gasteiger partial charge < -0.3 is 21.7 Å². The van der Waals surface area contributed by atoms with Crippen molar-refractivity contribution in [2.75, 3.05) is 25.0 Å². The standard InChI is InChI=1S/C31H44ClN5O3/c1-21-18-24(11-12-25(21)32)35-29(39)26(13-15-33)36-30(40)27-19-22-8-5-6-9-23(22)20-37(27)17-7-10-28(38)34-16-14-31(2,3)4/h5-6,8-9,11-12,18,26-27H,7,10,13-17,19-20,33H2,1-4H3,(H,34,38)(H,35,39)(H,36,40)/t26-,27-/m0/s1. The van der Waals surface area contributed by atoms with Gasteiger partial charge in [-0.3, -0.25) is 19.3 Å². The zero-order valence-electron chi connectivity index (χ0n) is 24.2. The van der Waals surface area contributed by atoms with E-state index in [9.17, 15) is 14.4 Å². The van der Waals surface area contributed by atoms with Gasteiger partial charge in [0.15, 0.2) is 0 Å². The minimum atomic E-state index is -0.777. The number of nitrogens with zero attached hydrogens (tertiary/aromatic N) is 1. The van der Waals surface area contributed by atoms with E-state index >= 15 is 0 Å². The second-order valence-corrected chi connectivity index (χ2v) is 12.2. The fraction of sp³-hybridized carbons (Fsp3) is 0.516. The van der Waals surface area contributed by atoms with E-state index < -0.39 is 12.1 Å². The largest absolute Gasteiger partial charge is 0.356 e. The number of rotatable bonds is 12. The van der Waals surface area contributed by atoms with Gasteiger partial charge >= 0.3 is 0 Å². The number of benzene rings is 2. The third-order valence-corrected chi connectivity index (χ3v) is 7.63. The summed E-state index contributed by atoms with van der Waals surface area (Å²) in [6.45, 7) is 10.4. The molecule has 0 fully saturated rings. The van der Waals surface area contributed by atoms with Gasteiger partial charge in [0, 0.05) is 30.2 Å². The number of carbonyl (C=O) groups is 3. The maximum atomic E-state index is 13.6. The Balaban J connectivity index is 1.65. The van der Waals surface area contributed by atoms with Gasteiger partial charge in [0.25, 0.3) is 0 Å². The number of nitrogens with one attached hydrogen (secondary N) is 3. The third kappa shape index (κ3) is 9.61. The van der Waals surface area contributed by atoms with E-state index in [1.54, 1.807) is 18.2 Å². The zero-order valence-corrected chi connectivity index (χ0v) is 24.9. The first kappa shape index (κ1) is 31.6. The minimum absolute atomic E-state index is 0.0276. The molecule has 2 aromatic carbocycles. The van der Waals surface area contributed by atoms with Crippen LogP contribution in [0.4, 0.5) is 5.69 Å². The molecule has 9 heteroatoms. The number of carbonyl (C=O) groups excluding carboxylic acids is 3. The van der Waals surface area contributed by atoms with Crippen molar-refractivity contribution in [3.63, 3.8) is 0 Å². The Morgan fingerprint density at radius 2 is 1.85 bits per heavy atom. The Hall–Kier alpha value is -2.94. The van der Waals surface area contributed by atoms with Gasteiger partial charge in [-0.1, -0.05) is 56.6 Å². The Labute approximate surface area is 243 Å². The third-order valence-electron chi connectivity index (χ3n) is 7.21. The smallest absolute Gasteiger partial charge is 0.246 e. The van der Waals surface area contributed by atoms with Crippen LogP contribution in [-0.4, -0.2) is 54.3 Å². The highest BCUT2D eigenvalue weighted by atomic mass is 35.5. The van der Waals surface area contributed by atoms with E-state index in [4.69, 9.17) is 17.3 Å². The quantitative estimate of drug-likeness (QED) is 0.306. The molecule has 1 heterocycles. The van der Waals surface area contributed by atoms with Crippen LogP contribution in [0.5, 0.6) is 0 Å². The number of fused-ring (bicyclic) bond motifs is 1. The van der Waals surface area contributed by atoms with Crippen LogP contribution in [-0.2, 0) is 27.3 Å². The van der Waals surface area contributed by atoms with Crippen LogP contribution in [0.25, 0.3) is 0 Å². The Bertz CT molecular complexity index is 1180. The summed E-state index contributed by atoms with van der Waals surface area (Å²) < 4.78 is 0. The van der Waals surface area contributed by atoms with E-state index in [2.05, 4.69) is 47.7 Å². The summed E-state index contributed by atoms with van der Waals surface area (Å²) in [6.07, 6.45) is 2.79. The number of nitrogens with two attached hydrogens (primary N) is 1.